The summed E-state index contributed by atoms with van der Waals surface area (Å²) in [6.07, 6.45) is 4.62. The van der Waals surface area contributed by atoms with Crippen LogP contribution in [0.15, 0.2) is 6.20 Å². The van der Waals surface area contributed by atoms with E-state index >= 15 is 0 Å². The van der Waals surface area contributed by atoms with Crippen molar-refractivity contribution in [1.82, 2.24) is 10.3 Å². The molecule has 0 spiro atoms. The molecule has 2 heterocycles. The van der Waals surface area contributed by atoms with Crippen molar-refractivity contribution in [3.05, 3.63) is 16.1 Å². The highest BCUT2D eigenvalue weighted by Crippen LogP contribution is 2.24. The van der Waals surface area contributed by atoms with Crippen LogP contribution in [0.4, 0.5) is 0 Å². The first-order valence-corrected chi connectivity index (χ1v) is 6.22. The molecule has 14 heavy (non-hydrogen) atoms. The topological polar surface area (TPSA) is 24.9 Å². The molecule has 0 bridgehead atoms. The van der Waals surface area contributed by atoms with Gasteiger partial charge in [-0.15, -0.1) is 11.3 Å². The van der Waals surface area contributed by atoms with Crippen LogP contribution in [0, 0.1) is 5.92 Å². The maximum atomic E-state index is 4.46. The zero-order chi connectivity index (χ0) is 9.97. The van der Waals surface area contributed by atoms with E-state index in [1.807, 2.05) is 11.3 Å². The molecule has 78 valence electrons. The Bertz CT molecular complexity index is 287. The second-order valence-electron chi connectivity index (χ2n) is 4.38. The van der Waals surface area contributed by atoms with Gasteiger partial charge in [-0.3, -0.25) is 0 Å². The maximum Gasteiger partial charge on any atom is 0.0953 e. The fourth-order valence-electron chi connectivity index (χ4n) is 1.86. The molecule has 0 aliphatic carbocycles. The van der Waals surface area contributed by atoms with Crippen LogP contribution in [0.25, 0.3) is 0 Å². The lowest BCUT2D eigenvalue weighted by Gasteiger charge is -2.04. The summed E-state index contributed by atoms with van der Waals surface area (Å²) in [6, 6.07) is 0. The highest BCUT2D eigenvalue weighted by Gasteiger charge is 2.16. The van der Waals surface area contributed by atoms with Gasteiger partial charge in [0.05, 0.1) is 5.01 Å². The van der Waals surface area contributed by atoms with Gasteiger partial charge in [0.25, 0.3) is 0 Å². The smallest absolute Gasteiger partial charge is 0.0953 e. The second-order valence-corrected chi connectivity index (χ2v) is 5.53. The van der Waals surface area contributed by atoms with Crippen LogP contribution in [0.3, 0.4) is 0 Å². The molecule has 1 unspecified atom stereocenters. The number of nitrogens with one attached hydrogen (secondary N) is 1. The van der Waals surface area contributed by atoms with Crippen LogP contribution in [-0.4, -0.2) is 18.1 Å². The summed E-state index contributed by atoms with van der Waals surface area (Å²) in [5, 5.41) is 4.69. The molecule has 1 N–H and O–H groups in total. The zero-order valence-electron chi connectivity index (χ0n) is 8.92. The summed E-state index contributed by atoms with van der Waals surface area (Å²) < 4.78 is 0. The van der Waals surface area contributed by atoms with Gasteiger partial charge in [-0.2, -0.15) is 0 Å². The van der Waals surface area contributed by atoms with Crippen LogP contribution in [0.5, 0.6) is 0 Å². The van der Waals surface area contributed by atoms with E-state index in [4.69, 9.17) is 0 Å². The maximum absolute atomic E-state index is 4.46. The molecule has 0 radical (unpaired) electrons. The molecule has 0 saturated carbocycles. The van der Waals surface area contributed by atoms with Gasteiger partial charge in [0.15, 0.2) is 0 Å². The van der Waals surface area contributed by atoms with Crippen molar-refractivity contribution in [2.75, 3.05) is 13.1 Å². The van der Waals surface area contributed by atoms with E-state index < -0.39 is 0 Å². The lowest BCUT2D eigenvalue weighted by Crippen LogP contribution is -2.10. The molecule has 1 fully saturated rings. The van der Waals surface area contributed by atoms with Crippen molar-refractivity contribution >= 4 is 11.3 Å². The average Bonchev–Trinajstić information content (AvgIpc) is 2.75. The standard InChI is InChI=1S/C11H18N2S/c1-8(2)11-13-7-10(14-11)5-9-3-4-12-6-9/h7-9,12H,3-6H2,1-2H3. The predicted octanol–water partition coefficient (Wildman–Crippen LogP) is 2.42. The summed E-state index contributed by atoms with van der Waals surface area (Å²) in [5.41, 5.74) is 0. The minimum Gasteiger partial charge on any atom is -0.316 e. The quantitative estimate of drug-likeness (QED) is 0.828. The van der Waals surface area contributed by atoms with Crippen LogP contribution in [0.2, 0.25) is 0 Å². The van der Waals surface area contributed by atoms with E-state index in [-0.39, 0.29) is 0 Å². The fraction of sp³-hybridized carbons (Fsp3) is 0.727. The summed E-state index contributed by atoms with van der Waals surface area (Å²) in [4.78, 5) is 5.92. The van der Waals surface area contributed by atoms with Crippen molar-refractivity contribution in [3.8, 4) is 0 Å². The van der Waals surface area contributed by atoms with Gasteiger partial charge in [0.1, 0.15) is 0 Å². The normalized spacial score (nSPS) is 22.1. The van der Waals surface area contributed by atoms with Crippen LogP contribution < -0.4 is 5.32 Å². The van der Waals surface area contributed by atoms with E-state index in [0.717, 1.165) is 5.92 Å². The Labute approximate surface area is 89.8 Å². The summed E-state index contributed by atoms with van der Waals surface area (Å²) in [7, 11) is 0. The minimum atomic E-state index is 0.579. The third-order valence-electron chi connectivity index (χ3n) is 2.72. The number of hydrogen-bond donors (Lipinski definition) is 1. The molecule has 0 amide bonds. The van der Waals surface area contributed by atoms with Gasteiger partial charge in [-0.25, -0.2) is 4.98 Å². The first kappa shape index (κ1) is 10.1. The Morgan fingerprint density at radius 2 is 2.50 bits per heavy atom. The highest BCUT2D eigenvalue weighted by atomic mass is 32.1. The third-order valence-corrected chi connectivity index (χ3v) is 4.04. The van der Waals surface area contributed by atoms with Gasteiger partial charge in [0.2, 0.25) is 0 Å². The molecule has 1 aliphatic heterocycles. The number of thiazole rings is 1. The van der Waals surface area contributed by atoms with Gasteiger partial charge in [-0.05, 0) is 31.8 Å². The number of rotatable bonds is 3. The Balaban J connectivity index is 1.95. The molecular weight excluding hydrogens is 192 g/mol. The monoisotopic (exact) mass is 210 g/mol. The molecule has 1 aromatic rings. The predicted molar refractivity (Wildman–Crippen MR) is 60.9 cm³/mol. The van der Waals surface area contributed by atoms with E-state index in [9.17, 15) is 0 Å². The summed E-state index contributed by atoms with van der Waals surface area (Å²) in [6.45, 7) is 6.80. The first-order chi connectivity index (χ1) is 6.75. The molecule has 1 saturated heterocycles. The van der Waals surface area contributed by atoms with E-state index in [1.54, 1.807) is 0 Å². The van der Waals surface area contributed by atoms with Gasteiger partial charge >= 0.3 is 0 Å². The molecule has 3 heteroatoms. The summed E-state index contributed by atoms with van der Waals surface area (Å²) >= 11 is 1.89. The van der Waals surface area contributed by atoms with Crippen LogP contribution in [0.1, 0.15) is 36.1 Å². The second kappa shape index (κ2) is 4.41. The molecule has 1 aromatic heterocycles. The van der Waals surface area contributed by atoms with Crippen molar-refractivity contribution in [3.63, 3.8) is 0 Å². The van der Waals surface area contributed by atoms with Gasteiger partial charge in [0, 0.05) is 17.0 Å². The van der Waals surface area contributed by atoms with Gasteiger partial charge < -0.3 is 5.32 Å². The summed E-state index contributed by atoms with van der Waals surface area (Å²) in [5.74, 6) is 1.42. The van der Waals surface area contributed by atoms with Gasteiger partial charge in [-0.1, -0.05) is 13.8 Å². The highest BCUT2D eigenvalue weighted by molar-refractivity contribution is 7.11. The molecular formula is C11H18N2S. The third kappa shape index (κ3) is 2.34. The number of nitrogens with zero attached hydrogens (tertiary/aromatic N) is 1. The van der Waals surface area contributed by atoms with Crippen molar-refractivity contribution in [2.24, 2.45) is 5.92 Å². The SMILES string of the molecule is CC(C)c1ncc(CC2CCNC2)s1. The fourth-order valence-corrected chi connectivity index (χ4v) is 2.89. The number of aromatic nitrogens is 1. The van der Waals surface area contributed by atoms with E-state index in [2.05, 4.69) is 30.3 Å². The lowest BCUT2D eigenvalue weighted by molar-refractivity contribution is 0.585. The zero-order valence-corrected chi connectivity index (χ0v) is 9.73. The Hall–Kier alpha value is -0.410. The molecule has 2 rings (SSSR count). The molecule has 1 aliphatic rings. The number of hydrogen-bond acceptors (Lipinski definition) is 3. The largest absolute Gasteiger partial charge is 0.316 e. The Kier molecular flexibility index (Phi) is 3.19. The first-order valence-electron chi connectivity index (χ1n) is 5.41. The molecule has 1 atom stereocenters. The van der Waals surface area contributed by atoms with Crippen LogP contribution in [-0.2, 0) is 6.42 Å². The van der Waals surface area contributed by atoms with Crippen molar-refractivity contribution in [2.45, 2.75) is 32.6 Å². The Morgan fingerprint density at radius 1 is 1.64 bits per heavy atom. The Morgan fingerprint density at radius 3 is 3.07 bits per heavy atom. The molecule has 0 aromatic carbocycles. The molecule has 2 nitrogen and oxygen atoms in total. The van der Waals surface area contributed by atoms with Crippen LogP contribution >= 0.6 is 11.3 Å². The van der Waals surface area contributed by atoms with Crippen molar-refractivity contribution in [1.29, 1.82) is 0 Å². The lowest BCUT2D eigenvalue weighted by atomic mass is 10.0. The van der Waals surface area contributed by atoms with E-state index in [0.29, 0.717) is 5.92 Å². The van der Waals surface area contributed by atoms with Crippen molar-refractivity contribution < 1.29 is 0 Å². The van der Waals surface area contributed by atoms with E-state index in [1.165, 1.54) is 35.8 Å². The average molecular weight is 210 g/mol. The minimum absolute atomic E-state index is 0.579.